The number of hydrogen-bond donors (Lipinski definition) is 2. The Bertz CT molecular complexity index is 256. The lowest BCUT2D eigenvalue weighted by molar-refractivity contribution is -0.952. The summed E-state index contributed by atoms with van der Waals surface area (Å²) in [4.78, 5) is 0. The highest BCUT2D eigenvalue weighted by Crippen LogP contribution is 2.04. The van der Waals surface area contributed by atoms with E-state index in [-0.39, 0.29) is 0 Å². The predicted molar refractivity (Wildman–Crippen MR) is 59.1 cm³/mol. The molecule has 2 N–H and O–H groups in total. The van der Waals surface area contributed by atoms with Crippen LogP contribution in [0.15, 0.2) is 30.3 Å². The topological polar surface area (TPSA) is 24.1 Å². The molecule has 1 aromatic rings. The van der Waals surface area contributed by atoms with Gasteiger partial charge in [0.2, 0.25) is 0 Å². The summed E-state index contributed by atoms with van der Waals surface area (Å²) in [5.74, 6) is 0. The average molecular weight is 194 g/mol. The highest BCUT2D eigenvalue weighted by atomic mass is 15.8. The van der Waals surface area contributed by atoms with Crippen molar-refractivity contribution in [2.75, 3.05) is 20.6 Å². The third kappa shape index (κ3) is 3.87. The zero-order valence-electron chi connectivity index (χ0n) is 9.25. The van der Waals surface area contributed by atoms with Crippen LogP contribution >= 0.6 is 0 Å². The summed E-state index contributed by atoms with van der Waals surface area (Å²) in [5.41, 5.74) is 7.71. The second kappa shape index (κ2) is 5.10. The van der Waals surface area contributed by atoms with Crippen molar-refractivity contribution in [3.05, 3.63) is 35.9 Å². The van der Waals surface area contributed by atoms with Gasteiger partial charge in [0.1, 0.15) is 6.54 Å². The average Bonchev–Trinajstić information content (AvgIpc) is 2.16. The standard InChI is InChI=1S/C11H20N3/c1-4-12-13-14(2,3)10-11-8-6-5-7-9-11/h5-9,12-13H,4,10H2,1-3H3/q+1. The minimum atomic E-state index is 0.734. The van der Waals surface area contributed by atoms with E-state index < -0.39 is 0 Å². The van der Waals surface area contributed by atoms with E-state index in [0.29, 0.717) is 0 Å². The molecule has 1 rings (SSSR count). The van der Waals surface area contributed by atoms with Crippen LogP contribution in [0.3, 0.4) is 0 Å². The van der Waals surface area contributed by atoms with E-state index in [4.69, 9.17) is 0 Å². The van der Waals surface area contributed by atoms with E-state index in [2.05, 4.69) is 56.2 Å². The van der Waals surface area contributed by atoms with E-state index >= 15 is 0 Å². The molecule has 3 heteroatoms. The third-order valence-electron chi connectivity index (χ3n) is 1.98. The first-order valence-electron chi connectivity index (χ1n) is 5.01. The number of hydrazine groups is 1. The fourth-order valence-corrected chi connectivity index (χ4v) is 1.37. The molecule has 3 nitrogen and oxygen atoms in total. The zero-order chi connectivity index (χ0) is 10.4. The number of hydrogen-bond acceptors (Lipinski definition) is 2. The molecule has 0 fully saturated rings. The van der Waals surface area contributed by atoms with Crippen molar-refractivity contribution in [3.63, 3.8) is 0 Å². The van der Waals surface area contributed by atoms with Gasteiger partial charge in [0.15, 0.2) is 0 Å². The van der Waals surface area contributed by atoms with Gasteiger partial charge in [-0.05, 0) is 0 Å². The van der Waals surface area contributed by atoms with Crippen LogP contribution in [0.5, 0.6) is 0 Å². The van der Waals surface area contributed by atoms with Crippen molar-refractivity contribution in [1.29, 1.82) is 0 Å². The van der Waals surface area contributed by atoms with Gasteiger partial charge in [-0.3, -0.25) is 0 Å². The SMILES string of the molecule is CCNN[N+](C)(C)Cc1ccccc1. The van der Waals surface area contributed by atoms with Crippen molar-refractivity contribution in [2.45, 2.75) is 13.5 Å². The maximum Gasteiger partial charge on any atom is 0.123 e. The predicted octanol–water partition coefficient (Wildman–Crippen LogP) is 1.29. The van der Waals surface area contributed by atoms with E-state index in [9.17, 15) is 0 Å². The van der Waals surface area contributed by atoms with Gasteiger partial charge in [-0.15, -0.1) is 0 Å². The molecule has 0 aliphatic rings. The molecule has 0 aliphatic carbocycles. The molecular weight excluding hydrogens is 174 g/mol. The zero-order valence-corrected chi connectivity index (χ0v) is 9.25. The first-order chi connectivity index (χ1) is 6.64. The Hall–Kier alpha value is -0.900. The maximum atomic E-state index is 3.24. The smallest absolute Gasteiger partial charge is 0.123 e. The highest BCUT2D eigenvalue weighted by molar-refractivity contribution is 5.13. The van der Waals surface area contributed by atoms with Crippen molar-refractivity contribution < 1.29 is 4.59 Å². The lowest BCUT2D eigenvalue weighted by atomic mass is 10.2. The molecule has 0 saturated heterocycles. The summed E-state index contributed by atoms with van der Waals surface area (Å²) >= 11 is 0. The summed E-state index contributed by atoms with van der Waals surface area (Å²) in [5, 5.41) is 0. The molecule has 78 valence electrons. The Morgan fingerprint density at radius 1 is 1.14 bits per heavy atom. The van der Waals surface area contributed by atoms with Gasteiger partial charge in [0.25, 0.3) is 0 Å². The third-order valence-corrected chi connectivity index (χ3v) is 1.98. The molecule has 0 saturated carbocycles. The first-order valence-corrected chi connectivity index (χ1v) is 5.01. The Morgan fingerprint density at radius 2 is 1.79 bits per heavy atom. The van der Waals surface area contributed by atoms with Crippen LogP contribution < -0.4 is 11.0 Å². The van der Waals surface area contributed by atoms with Crippen LogP contribution in [0, 0.1) is 0 Å². The van der Waals surface area contributed by atoms with Crippen molar-refractivity contribution in [2.24, 2.45) is 0 Å². The fraction of sp³-hybridized carbons (Fsp3) is 0.455. The van der Waals surface area contributed by atoms with Crippen LogP contribution in [0.1, 0.15) is 12.5 Å². The number of quaternary nitrogens is 1. The Balaban J connectivity index is 2.50. The van der Waals surface area contributed by atoms with E-state index in [1.807, 2.05) is 6.07 Å². The molecule has 0 spiro atoms. The molecule has 0 radical (unpaired) electrons. The van der Waals surface area contributed by atoms with Gasteiger partial charge >= 0.3 is 0 Å². The molecular formula is C11H20N3+. The number of benzene rings is 1. The van der Waals surface area contributed by atoms with Gasteiger partial charge < -0.3 is 0 Å². The second-order valence-electron chi connectivity index (χ2n) is 3.97. The van der Waals surface area contributed by atoms with Gasteiger partial charge in [-0.25, -0.2) is 10.0 Å². The van der Waals surface area contributed by atoms with Crippen molar-refractivity contribution in [3.8, 4) is 0 Å². The highest BCUT2D eigenvalue weighted by Gasteiger charge is 2.14. The molecule has 0 heterocycles. The van der Waals surface area contributed by atoms with Crippen LogP contribution in [0.25, 0.3) is 0 Å². The van der Waals surface area contributed by atoms with Gasteiger partial charge in [-0.2, -0.15) is 0 Å². The molecule has 1 aromatic carbocycles. The quantitative estimate of drug-likeness (QED) is 0.545. The van der Waals surface area contributed by atoms with Crippen LogP contribution in [0.4, 0.5) is 0 Å². The maximum absolute atomic E-state index is 3.24. The van der Waals surface area contributed by atoms with E-state index in [0.717, 1.165) is 17.7 Å². The van der Waals surface area contributed by atoms with Crippen LogP contribution in [0.2, 0.25) is 0 Å². The molecule has 0 bridgehead atoms. The molecule has 0 atom stereocenters. The normalized spacial score (nSPS) is 11.6. The number of nitrogens with zero attached hydrogens (tertiary/aromatic N) is 1. The van der Waals surface area contributed by atoms with Crippen LogP contribution in [-0.4, -0.2) is 25.2 Å². The lowest BCUT2D eigenvalue weighted by Crippen LogP contribution is -2.57. The molecule has 0 aromatic heterocycles. The minimum absolute atomic E-state index is 0.734. The fourth-order valence-electron chi connectivity index (χ4n) is 1.37. The Kier molecular flexibility index (Phi) is 4.07. The number of rotatable bonds is 5. The monoisotopic (exact) mass is 194 g/mol. The van der Waals surface area contributed by atoms with Gasteiger partial charge in [0, 0.05) is 12.1 Å². The first kappa shape index (κ1) is 11.2. The van der Waals surface area contributed by atoms with Gasteiger partial charge in [0.05, 0.1) is 14.1 Å². The largest absolute Gasteiger partial charge is 0.233 e. The summed E-state index contributed by atoms with van der Waals surface area (Å²) in [6, 6.07) is 10.5. The molecule has 14 heavy (non-hydrogen) atoms. The van der Waals surface area contributed by atoms with Crippen molar-refractivity contribution in [1.82, 2.24) is 11.0 Å². The Labute approximate surface area is 86.3 Å². The minimum Gasteiger partial charge on any atom is -0.233 e. The summed E-state index contributed by atoms with van der Waals surface area (Å²) < 4.78 is 0.734. The summed E-state index contributed by atoms with van der Waals surface area (Å²) in [6.07, 6.45) is 0. The Morgan fingerprint density at radius 3 is 2.36 bits per heavy atom. The van der Waals surface area contributed by atoms with Crippen LogP contribution in [-0.2, 0) is 6.54 Å². The van der Waals surface area contributed by atoms with Crippen molar-refractivity contribution >= 4 is 0 Å². The summed E-state index contributed by atoms with van der Waals surface area (Å²) in [7, 11) is 4.27. The molecule has 0 unspecified atom stereocenters. The lowest BCUT2D eigenvalue weighted by Gasteiger charge is -2.29. The van der Waals surface area contributed by atoms with E-state index in [1.165, 1.54) is 5.56 Å². The molecule has 0 amide bonds. The van der Waals surface area contributed by atoms with E-state index in [1.54, 1.807) is 0 Å². The van der Waals surface area contributed by atoms with Gasteiger partial charge in [-0.1, -0.05) is 42.8 Å². The second-order valence-corrected chi connectivity index (χ2v) is 3.97. The molecule has 0 aliphatic heterocycles. The number of nitrogens with one attached hydrogen (secondary N) is 2. The summed E-state index contributed by atoms with van der Waals surface area (Å²) in [6.45, 7) is 3.97.